The number of benzene rings is 4. The number of nitrogens with zero attached hydrogens (tertiary/aromatic N) is 4. The first-order valence-corrected chi connectivity index (χ1v) is 26.4. The van der Waals surface area contributed by atoms with Crippen molar-refractivity contribution in [1.82, 2.24) is 10.3 Å². The molecule has 0 saturated heterocycles. The monoisotopic (exact) mass is 964 g/mol. The number of amides is 1. The Morgan fingerprint density at radius 2 is 1.57 bits per heavy atom. The highest BCUT2D eigenvalue weighted by atomic mass is 16.5. The van der Waals surface area contributed by atoms with Crippen molar-refractivity contribution in [3.63, 3.8) is 0 Å². The van der Waals surface area contributed by atoms with Crippen LogP contribution in [0.4, 0.5) is 5.69 Å². The average Bonchev–Trinajstić information content (AvgIpc) is 3.93. The minimum absolute atomic E-state index is 0.0643. The van der Waals surface area contributed by atoms with E-state index in [-0.39, 0.29) is 12.6 Å². The highest BCUT2D eigenvalue weighted by Gasteiger charge is 2.32. The van der Waals surface area contributed by atoms with E-state index in [4.69, 9.17) is 13.9 Å². The molecule has 3 unspecified atom stereocenters. The Morgan fingerprint density at radius 3 is 2.33 bits per heavy atom. The van der Waals surface area contributed by atoms with Gasteiger partial charge in [-0.15, -0.1) is 0 Å². The van der Waals surface area contributed by atoms with E-state index in [9.17, 15) is 4.79 Å². The standard InChI is InChI=1S/C63H72N5O4/c1-7-45(23-24-46(47-34-39-64-40-35-47)33-38-63(3,8-2)62(69)65-44-70-6)48-36-42-68(43-37-48)41-14-13-20-53-49(27-31-58-66(4)56-29-25-51-16-9-11-21-54(51)60(56)71-58)18-15-19-50(53)28-32-59-67(5)57-30-26-52-17-10-12-22-55(52)61(57)72-59/h9-12,16-17,21-22,25-32,34-37,39-40,42-43,45-46H,7-8,13-15,18-20,23-24,33,38,41,44H2,1-6H3/q+1/p+1. The number of carbonyl (C=O) groups excluding carboxylic acids is 1. The van der Waals surface area contributed by atoms with Crippen molar-refractivity contribution < 1.29 is 27.8 Å². The zero-order chi connectivity index (χ0) is 50.0. The first-order valence-electron chi connectivity index (χ1n) is 26.4. The average molecular weight is 964 g/mol. The lowest BCUT2D eigenvalue weighted by Gasteiger charge is -2.29. The molecule has 3 aromatic heterocycles. The van der Waals surface area contributed by atoms with Crippen LogP contribution in [0.3, 0.4) is 0 Å². The Bertz CT molecular complexity index is 3130. The molecule has 9 heteroatoms. The second-order valence-electron chi connectivity index (χ2n) is 20.2. The lowest BCUT2D eigenvalue weighted by molar-refractivity contribution is -0.697. The number of unbranched alkanes of at least 4 members (excludes halogenated alkanes) is 1. The SMILES string of the molecule is CCC(CCC(CCC(C)(CC)C(=O)NCOC)c1ccncc1)c1cc[n+](CCCCC2=C(C=Cc3oc4c5ccccc5ccc4[n+]3C)CCCC2=CC=C2Oc3c(ccc4ccccc34)N2C)cc1. The van der Waals surface area contributed by atoms with Crippen LogP contribution >= 0.6 is 0 Å². The number of hydrogen-bond acceptors (Lipinski definition) is 6. The second-order valence-corrected chi connectivity index (χ2v) is 20.2. The normalized spacial score (nSPS) is 16.8. The van der Waals surface area contributed by atoms with Gasteiger partial charge in [-0.2, -0.15) is 4.57 Å². The van der Waals surface area contributed by atoms with Gasteiger partial charge in [0.25, 0.3) is 5.52 Å². The molecule has 1 aliphatic heterocycles. The Hall–Kier alpha value is -6.84. The van der Waals surface area contributed by atoms with Crippen LogP contribution in [-0.4, -0.2) is 31.8 Å². The van der Waals surface area contributed by atoms with Crippen LogP contribution in [0, 0.1) is 5.41 Å². The highest BCUT2D eigenvalue weighted by molar-refractivity contribution is 6.02. The molecule has 4 heterocycles. The van der Waals surface area contributed by atoms with Gasteiger partial charge in [0, 0.05) is 67.4 Å². The molecule has 9 rings (SSSR count). The number of methoxy groups -OCH3 is 1. The molecule has 72 heavy (non-hydrogen) atoms. The molecule has 0 bridgehead atoms. The molecule has 1 amide bonds. The summed E-state index contributed by atoms with van der Waals surface area (Å²) in [5.41, 5.74) is 9.56. The van der Waals surface area contributed by atoms with E-state index in [1.807, 2.05) is 12.4 Å². The van der Waals surface area contributed by atoms with Gasteiger partial charge in [0.05, 0.1) is 11.8 Å². The number of allylic oxidation sites excluding steroid dienone is 6. The van der Waals surface area contributed by atoms with Gasteiger partial charge < -0.3 is 24.1 Å². The maximum atomic E-state index is 13.2. The summed E-state index contributed by atoms with van der Waals surface area (Å²) in [4.78, 5) is 19.6. The molecule has 372 valence electrons. The summed E-state index contributed by atoms with van der Waals surface area (Å²) >= 11 is 0. The Balaban J connectivity index is 0.891. The first-order chi connectivity index (χ1) is 35.2. The Morgan fingerprint density at radius 1 is 0.847 bits per heavy atom. The third-order valence-corrected chi connectivity index (χ3v) is 15.8. The largest absolute Gasteiger partial charge is 0.438 e. The summed E-state index contributed by atoms with van der Waals surface area (Å²) in [6.07, 6.45) is 29.4. The maximum Gasteiger partial charge on any atom is 0.373 e. The van der Waals surface area contributed by atoms with Crippen LogP contribution in [0.25, 0.3) is 38.7 Å². The fraction of sp³-hybridized carbons (Fsp3) is 0.365. The van der Waals surface area contributed by atoms with E-state index < -0.39 is 5.41 Å². The van der Waals surface area contributed by atoms with E-state index >= 15 is 0 Å². The minimum Gasteiger partial charge on any atom is -0.438 e. The number of anilines is 1. The molecule has 0 saturated carbocycles. The first kappa shape index (κ1) is 50.1. The molecule has 3 atom stereocenters. The molecule has 4 aromatic carbocycles. The van der Waals surface area contributed by atoms with Crippen LogP contribution in [0.1, 0.15) is 127 Å². The van der Waals surface area contributed by atoms with Gasteiger partial charge in [-0.3, -0.25) is 9.78 Å². The number of aryl methyl sites for hydroxylation is 2. The van der Waals surface area contributed by atoms with Gasteiger partial charge in [0.2, 0.25) is 11.5 Å². The van der Waals surface area contributed by atoms with Crippen molar-refractivity contribution in [2.75, 3.05) is 25.8 Å². The van der Waals surface area contributed by atoms with Gasteiger partial charge in [-0.1, -0.05) is 81.4 Å². The van der Waals surface area contributed by atoms with Crippen molar-refractivity contribution >= 4 is 50.3 Å². The van der Waals surface area contributed by atoms with E-state index in [0.717, 1.165) is 129 Å². The quantitative estimate of drug-likeness (QED) is 0.0439. The minimum atomic E-state index is -0.443. The van der Waals surface area contributed by atoms with Crippen LogP contribution in [0.5, 0.6) is 5.75 Å². The van der Waals surface area contributed by atoms with Crippen molar-refractivity contribution in [1.29, 1.82) is 0 Å². The van der Waals surface area contributed by atoms with Crippen LogP contribution in [0.2, 0.25) is 0 Å². The van der Waals surface area contributed by atoms with Crippen molar-refractivity contribution in [3.05, 3.63) is 180 Å². The zero-order valence-electron chi connectivity index (χ0n) is 43.3. The molecule has 2 aliphatic rings. The Labute approximate surface area is 426 Å². The van der Waals surface area contributed by atoms with E-state index in [1.54, 1.807) is 7.11 Å². The number of rotatable bonds is 21. The van der Waals surface area contributed by atoms with E-state index in [2.05, 4.69) is 193 Å². The number of oxazole rings is 1. The Kier molecular flexibility index (Phi) is 16.1. The zero-order valence-corrected chi connectivity index (χ0v) is 43.3. The van der Waals surface area contributed by atoms with Crippen molar-refractivity contribution in [3.8, 4) is 5.75 Å². The molecule has 0 fully saturated rings. The summed E-state index contributed by atoms with van der Waals surface area (Å²) in [5, 5.41) is 7.58. The molecular weight excluding hydrogens is 891 g/mol. The predicted octanol–water partition coefficient (Wildman–Crippen LogP) is 13.9. The van der Waals surface area contributed by atoms with E-state index in [1.165, 1.54) is 38.6 Å². The number of carbonyl (C=O) groups is 1. The molecule has 9 nitrogen and oxygen atoms in total. The van der Waals surface area contributed by atoms with Crippen molar-refractivity contribution in [2.24, 2.45) is 12.5 Å². The number of hydrogen-bond donors (Lipinski definition) is 1. The third kappa shape index (κ3) is 11.1. The number of nitrogens with one attached hydrogen (secondary N) is 1. The number of pyridine rings is 2. The van der Waals surface area contributed by atoms with Gasteiger partial charge in [0.15, 0.2) is 24.0 Å². The third-order valence-electron chi connectivity index (χ3n) is 15.8. The summed E-state index contributed by atoms with van der Waals surface area (Å²) in [6, 6.07) is 34.6. The molecule has 0 spiro atoms. The van der Waals surface area contributed by atoms with Crippen LogP contribution in [0.15, 0.2) is 167 Å². The van der Waals surface area contributed by atoms with Crippen molar-refractivity contribution in [2.45, 2.75) is 116 Å². The molecule has 1 aliphatic carbocycles. The lowest BCUT2D eigenvalue weighted by Crippen LogP contribution is -2.39. The second kappa shape index (κ2) is 23.1. The summed E-state index contributed by atoms with van der Waals surface area (Å²) in [7, 11) is 5.80. The number of ether oxygens (including phenoxy) is 2. The lowest BCUT2D eigenvalue weighted by atomic mass is 9.77. The summed E-state index contributed by atoms with van der Waals surface area (Å²) in [5.74, 6) is 3.48. The maximum absolute atomic E-state index is 13.2. The van der Waals surface area contributed by atoms with Gasteiger partial charge >= 0.3 is 5.89 Å². The van der Waals surface area contributed by atoms with Crippen LogP contribution in [-0.2, 0) is 23.1 Å². The van der Waals surface area contributed by atoms with Gasteiger partial charge in [0.1, 0.15) is 20.3 Å². The molecule has 7 aromatic rings. The van der Waals surface area contributed by atoms with Crippen LogP contribution < -0.4 is 24.1 Å². The molecule has 0 radical (unpaired) electrons. The molecule has 1 N–H and O–H groups in total. The fourth-order valence-corrected chi connectivity index (χ4v) is 11.0. The molecular formula is C63H73N5O4+2. The fourth-order valence-electron chi connectivity index (χ4n) is 11.0. The smallest absolute Gasteiger partial charge is 0.373 e. The summed E-state index contributed by atoms with van der Waals surface area (Å²) < 4.78 is 22.9. The topological polar surface area (TPSA) is 84.6 Å². The van der Waals surface area contributed by atoms with E-state index in [0.29, 0.717) is 11.8 Å². The van der Waals surface area contributed by atoms with Gasteiger partial charge in [-0.25, -0.2) is 4.57 Å². The highest BCUT2D eigenvalue weighted by Crippen LogP contribution is 2.44. The predicted molar refractivity (Wildman–Crippen MR) is 291 cm³/mol. The number of fused-ring (bicyclic) bond motifs is 6. The van der Waals surface area contributed by atoms with Gasteiger partial charge in [-0.05, 0) is 158 Å². The summed E-state index contributed by atoms with van der Waals surface area (Å²) in [6.45, 7) is 7.70. The number of aromatic nitrogens is 3.